The predicted molar refractivity (Wildman–Crippen MR) is 141 cm³/mol. The first kappa shape index (κ1) is 24.0. The molecule has 2 fully saturated rings. The Labute approximate surface area is 209 Å². The monoisotopic (exact) mass is 477 g/mol. The summed E-state index contributed by atoms with van der Waals surface area (Å²) < 4.78 is 19.5. The van der Waals surface area contributed by atoms with Crippen LogP contribution in [0, 0.1) is 11.8 Å². The average Bonchev–Trinajstić information content (AvgIpc) is 3.64. The third-order valence-electron chi connectivity index (χ3n) is 7.58. The lowest BCUT2D eigenvalue weighted by molar-refractivity contribution is 0.0682. The largest absolute Gasteiger partial charge is 0.496 e. The first-order valence-electron chi connectivity index (χ1n) is 13.2. The quantitative estimate of drug-likeness (QED) is 0.370. The van der Waals surface area contributed by atoms with Crippen LogP contribution < -0.4 is 14.4 Å². The Balaban J connectivity index is 1.64. The number of fused-ring (bicyclic) bond motifs is 1. The highest BCUT2D eigenvalue weighted by molar-refractivity contribution is 5.82. The van der Waals surface area contributed by atoms with E-state index in [2.05, 4.69) is 53.6 Å². The Hall–Kier alpha value is -2.73. The second kappa shape index (κ2) is 10.5. The molecule has 0 atom stereocenters. The first-order valence-corrected chi connectivity index (χ1v) is 13.2. The van der Waals surface area contributed by atoms with E-state index in [1.54, 1.807) is 14.2 Å². The molecule has 0 bridgehead atoms. The molecule has 0 unspecified atom stereocenters. The van der Waals surface area contributed by atoms with Crippen molar-refractivity contribution in [3.05, 3.63) is 41.6 Å². The van der Waals surface area contributed by atoms with Crippen LogP contribution in [0.1, 0.15) is 50.8 Å². The van der Waals surface area contributed by atoms with Gasteiger partial charge < -0.3 is 19.1 Å². The maximum atomic E-state index is 5.86. The molecule has 188 valence electrons. The number of pyridine rings is 1. The van der Waals surface area contributed by atoms with Gasteiger partial charge in [-0.3, -0.25) is 0 Å². The van der Waals surface area contributed by atoms with E-state index in [1.165, 1.54) is 24.1 Å². The molecule has 35 heavy (non-hydrogen) atoms. The maximum Gasteiger partial charge on any atom is 0.132 e. The summed E-state index contributed by atoms with van der Waals surface area (Å²) in [6, 6.07) is 10.7. The molecule has 6 heteroatoms. The molecule has 3 heterocycles. The summed E-state index contributed by atoms with van der Waals surface area (Å²) in [4.78, 5) is 2.65. The standard InChI is InChI=1S/C29H39N3O3/c1-5-20-16-26(33-3)28(27(17-20)34-4)24-8-7-9-25-29(23(6-2)30-32(24)25)31(18-21-10-11-21)19-22-12-14-35-15-13-22/h7-9,16-17,21-22H,5-6,10-15,18-19H2,1-4H3. The lowest BCUT2D eigenvalue weighted by Crippen LogP contribution is -2.34. The van der Waals surface area contributed by atoms with Gasteiger partial charge >= 0.3 is 0 Å². The fourth-order valence-corrected chi connectivity index (χ4v) is 5.41. The molecule has 0 radical (unpaired) electrons. The fraction of sp³-hybridized carbons (Fsp3) is 0.552. The summed E-state index contributed by atoms with van der Waals surface area (Å²) in [6.07, 6.45) is 6.79. The van der Waals surface area contributed by atoms with Gasteiger partial charge in [-0.1, -0.05) is 19.9 Å². The highest BCUT2D eigenvalue weighted by atomic mass is 16.5. The molecule has 0 amide bonds. The molecule has 1 aromatic carbocycles. The van der Waals surface area contributed by atoms with Crippen molar-refractivity contribution >= 4 is 11.2 Å². The molecule has 5 rings (SSSR count). The molecule has 3 aromatic rings. The van der Waals surface area contributed by atoms with E-state index in [9.17, 15) is 0 Å². The van der Waals surface area contributed by atoms with Crippen LogP contribution in [0.15, 0.2) is 30.3 Å². The van der Waals surface area contributed by atoms with E-state index in [1.807, 2.05) is 0 Å². The van der Waals surface area contributed by atoms with E-state index in [4.69, 9.17) is 19.3 Å². The van der Waals surface area contributed by atoms with Crippen LogP contribution in [0.4, 0.5) is 5.69 Å². The minimum atomic E-state index is 0.673. The Morgan fingerprint density at radius 2 is 1.60 bits per heavy atom. The summed E-state index contributed by atoms with van der Waals surface area (Å²) in [5, 5.41) is 5.18. The van der Waals surface area contributed by atoms with Crippen LogP contribution in [0.2, 0.25) is 0 Å². The topological polar surface area (TPSA) is 48.2 Å². The van der Waals surface area contributed by atoms with Gasteiger partial charge in [-0.15, -0.1) is 0 Å². The van der Waals surface area contributed by atoms with Crippen molar-refractivity contribution < 1.29 is 14.2 Å². The Bertz CT molecular complexity index is 1140. The van der Waals surface area contributed by atoms with E-state index >= 15 is 0 Å². The highest BCUT2D eigenvalue weighted by Crippen LogP contribution is 2.42. The summed E-state index contributed by atoms with van der Waals surface area (Å²) in [5.74, 6) is 3.12. The number of aromatic nitrogens is 2. The minimum absolute atomic E-state index is 0.673. The van der Waals surface area contributed by atoms with Gasteiger partial charge in [0.1, 0.15) is 11.5 Å². The van der Waals surface area contributed by atoms with Crippen molar-refractivity contribution in [3.8, 4) is 22.8 Å². The number of aryl methyl sites for hydroxylation is 2. The lowest BCUT2D eigenvalue weighted by atomic mass is 9.99. The summed E-state index contributed by atoms with van der Waals surface area (Å²) in [7, 11) is 3.46. The molecule has 1 saturated heterocycles. The van der Waals surface area contributed by atoms with Crippen LogP contribution in [0.3, 0.4) is 0 Å². The normalized spacial score (nSPS) is 16.6. The smallest absolute Gasteiger partial charge is 0.132 e. The van der Waals surface area contributed by atoms with Crippen molar-refractivity contribution in [3.63, 3.8) is 0 Å². The number of methoxy groups -OCH3 is 2. The first-order chi connectivity index (χ1) is 17.2. The van der Waals surface area contributed by atoms with Gasteiger partial charge in [-0.2, -0.15) is 5.10 Å². The molecule has 1 aliphatic heterocycles. The number of anilines is 1. The van der Waals surface area contributed by atoms with Crippen LogP contribution in [-0.4, -0.2) is 50.1 Å². The van der Waals surface area contributed by atoms with E-state index < -0.39 is 0 Å². The molecule has 1 aliphatic carbocycles. The maximum absolute atomic E-state index is 5.86. The Morgan fingerprint density at radius 3 is 2.17 bits per heavy atom. The van der Waals surface area contributed by atoms with Gasteiger partial charge in [0.05, 0.1) is 42.4 Å². The van der Waals surface area contributed by atoms with E-state index in [0.29, 0.717) is 5.92 Å². The van der Waals surface area contributed by atoms with Crippen LogP contribution in [-0.2, 0) is 17.6 Å². The van der Waals surface area contributed by atoms with Gasteiger partial charge in [0.2, 0.25) is 0 Å². The van der Waals surface area contributed by atoms with Crippen LogP contribution in [0.25, 0.3) is 16.8 Å². The van der Waals surface area contributed by atoms with Crippen molar-refractivity contribution in [1.82, 2.24) is 9.61 Å². The molecular formula is C29H39N3O3. The third-order valence-corrected chi connectivity index (χ3v) is 7.58. The zero-order valence-electron chi connectivity index (χ0n) is 21.7. The number of hydrogen-bond acceptors (Lipinski definition) is 5. The lowest BCUT2D eigenvalue weighted by Gasteiger charge is -2.31. The molecule has 1 saturated carbocycles. The van der Waals surface area contributed by atoms with Crippen LogP contribution in [0.5, 0.6) is 11.5 Å². The molecule has 0 spiro atoms. The summed E-state index contributed by atoms with van der Waals surface area (Å²) in [5.41, 5.74) is 6.77. The van der Waals surface area contributed by atoms with Gasteiger partial charge in [-0.25, -0.2) is 4.52 Å². The second-order valence-corrected chi connectivity index (χ2v) is 9.99. The van der Waals surface area contributed by atoms with Crippen LogP contribution >= 0.6 is 0 Å². The van der Waals surface area contributed by atoms with Crippen molar-refractivity contribution in [2.24, 2.45) is 11.8 Å². The number of ether oxygens (including phenoxy) is 3. The Morgan fingerprint density at radius 1 is 0.943 bits per heavy atom. The zero-order chi connectivity index (χ0) is 24.4. The fourth-order valence-electron chi connectivity index (χ4n) is 5.41. The third kappa shape index (κ3) is 4.86. The summed E-state index contributed by atoms with van der Waals surface area (Å²) >= 11 is 0. The molecule has 2 aromatic heterocycles. The number of benzene rings is 1. The van der Waals surface area contributed by atoms with Gasteiger partial charge in [0.25, 0.3) is 0 Å². The number of nitrogens with zero attached hydrogens (tertiary/aromatic N) is 3. The summed E-state index contributed by atoms with van der Waals surface area (Å²) in [6.45, 7) is 8.33. The molecular weight excluding hydrogens is 438 g/mol. The Kier molecular flexibility index (Phi) is 7.19. The zero-order valence-corrected chi connectivity index (χ0v) is 21.7. The predicted octanol–water partition coefficient (Wildman–Crippen LogP) is 5.79. The second-order valence-electron chi connectivity index (χ2n) is 9.99. The van der Waals surface area contributed by atoms with E-state index in [-0.39, 0.29) is 0 Å². The van der Waals surface area contributed by atoms with Crippen molar-refractivity contribution in [1.29, 1.82) is 0 Å². The SMILES string of the molecule is CCc1cc(OC)c(-c2cccc3c(N(CC4CCOCC4)CC4CC4)c(CC)nn23)c(OC)c1. The number of rotatable bonds is 10. The average molecular weight is 478 g/mol. The van der Waals surface area contributed by atoms with Gasteiger partial charge in [0, 0.05) is 26.3 Å². The van der Waals surface area contributed by atoms with Crippen molar-refractivity contribution in [2.45, 2.75) is 52.4 Å². The van der Waals surface area contributed by atoms with Crippen molar-refractivity contribution in [2.75, 3.05) is 45.4 Å². The minimum Gasteiger partial charge on any atom is -0.496 e. The van der Waals surface area contributed by atoms with Gasteiger partial charge in [-0.05, 0) is 80.2 Å². The molecule has 2 aliphatic rings. The molecule has 0 N–H and O–H groups in total. The number of hydrogen-bond donors (Lipinski definition) is 0. The highest BCUT2D eigenvalue weighted by Gasteiger charge is 2.30. The van der Waals surface area contributed by atoms with E-state index in [0.717, 1.165) is 91.9 Å². The molecule has 6 nitrogen and oxygen atoms in total. The van der Waals surface area contributed by atoms with Gasteiger partial charge in [0.15, 0.2) is 0 Å².